The minimum atomic E-state index is 0.0661. The molecule has 0 unspecified atom stereocenters. The van der Waals surface area contributed by atoms with Gasteiger partial charge in [-0.15, -0.1) is 0 Å². The summed E-state index contributed by atoms with van der Waals surface area (Å²) in [6.45, 7) is 1.80. The zero-order valence-corrected chi connectivity index (χ0v) is 10.9. The molecule has 1 saturated heterocycles. The molecular weight excluding hydrogens is 250 g/mol. The maximum absolute atomic E-state index is 11.9. The van der Waals surface area contributed by atoms with E-state index in [4.69, 9.17) is 16.9 Å². The molecule has 0 aromatic heterocycles. The van der Waals surface area contributed by atoms with Gasteiger partial charge in [0, 0.05) is 25.2 Å². The Morgan fingerprint density at radius 2 is 2.17 bits per heavy atom. The molecule has 5 heteroatoms. The number of nitriles is 1. The molecule has 1 aliphatic rings. The number of hydrogen-bond acceptors (Lipinski definition) is 3. The lowest BCUT2D eigenvalue weighted by Gasteiger charge is -2.23. The summed E-state index contributed by atoms with van der Waals surface area (Å²) in [7, 11) is 1.80. The molecule has 1 aromatic rings. The lowest BCUT2D eigenvalue weighted by molar-refractivity contribution is -0.127. The fraction of sp³-hybridized carbons (Fsp3) is 0.385. The van der Waals surface area contributed by atoms with E-state index in [0.29, 0.717) is 17.1 Å². The molecule has 94 valence electrons. The highest BCUT2D eigenvalue weighted by Crippen LogP contribution is 2.25. The molecule has 1 aromatic carbocycles. The van der Waals surface area contributed by atoms with Crippen molar-refractivity contribution in [1.29, 1.82) is 5.26 Å². The molecule has 1 amide bonds. The second-order valence-corrected chi connectivity index (χ2v) is 4.80. The van der Waals surface area contributed by atoms with E-state index in [9.17, 15) is 4.79 Å². The first-order valence-corrected chi connectivity index (χ1v) is 6.18. The summed E-state index contributed by atoms with van der Waals surface area (Å²) < 4.78 is 0. The van der Waals surface area contributed by atoms with Crippen LogP contribution in [0.2, 0.25) is 5.02 Å². The van der Waals surface area contributed by atoms with E-state index in [1.807, 2.05) is 4.90 Å². The van der Waals surface area contributed by atoms with Crippen LogP contribution in [-0.4, -0.2) is 37.5 Å². The normalized spacial score (nSPS) is 16.4. The van der Waals surface area contributed by atoms with Crippen molar-refractivity contribution >= 4 is 23.2 Å². The number of likely N-dealkylation sites (N-methyl/N-ethyl adjacent to an activating group) is 1. The summed E-state index contributed by atoms with van der Waals surface area (Å²) in [5.74, 6) is 0.0661. The van der Waals surface area contributed by atoms with Crippen LogP contribution in [0.4, 0.5) is 5.69 Å². The Morgan fingerprint density at radius 3 is 2.89 bits per heavy atom. The van der Waals surface area contributed by atoms with Gasteiger partial charge < -0.3 is 9.80 Å². The Hall–Kier alpha value is -1.73. The lowest BCUT2D eigenvalue weighted by atomic mass is 10.1. The highest BCUT2D eigenvalue weighted by molar-refractivity contribution is 6.30. The number of halogens is 1. The van der Waals surface area contributed by atoms with Crippen LogP contribution >= 0.6 is 11.6 Å². The Kier molecular flexibility index (Phi) is 3.73. The maximum atomic E-state index is 11.9. The van der Waals surface area contributed by atoms with Gasteiger partial charge >= 0.3 is 0 Å². The van der Waals surface area contributed by atoms with Crippen molar-refractivity contribution < 1.29 is 4.79 Å². The van der Waals surface area contributed by atoms with Gasteiger partial charge in [-0.25, -0.2) is 0 Å². The molecule has 0 saturated carbocycles. The SMILES string of the molecule is CN1CCCN(c2cc(Cl)ccc2C#N)CC1=O. The topological polar surface area (TPSA) is 47.3 Å². The van der Waals surface area contributed by atoms with Crippen molar-refractivity contribution in [3.63, 3.8) is 0 Å². The van der Waals surface area contributed by atoms with Crippen molar-refractivity contribution in [3.05, 3.63) is 28.8 Å². The molecule has 1 heterocycles. The number of benzene rings is 1. The molecule has 0 radical (unpaired) electrons. The van der Waals surface area contributed by atoms with Crippen LogP contribution in [0.1, 0.15) is 12.0 Å². The third kappa shape index (κ3) is 2.57. The van der Waals surface area contributed by atoms with Crippen molar-refractivity contribution in [1.82, 2.24) is 4.90 Å². The standard InChI is InChI=1S/C13H14ClN3O/c1-16-5-2-6-17(9-13(16)18)12-7-11(14)4-3-10(12)8-15/h3-4,7H,2,5-6,9H2,1H3. The Labute approximate surface area is 111 Å². The highest BCUT2D eigenvalue weighted by atomic mass is 35.5. The predicted molar refractivity (Wildman–Crippen MR) is 70.6 cm³/mol. The Morgan fingerprint density at radius 1 is 1.39 bits per heavy atom. The fourth-order valence-corrected chi connectivity index (χ4v) is 2.22. The van der Waals surface area contributed by atoms with Gasteiger partial charge in [-0.3, -0.25) is 4.79 Å². The summed E-state index contributed by atoms with van der Waals surface area (Å²) >= 11 is 5.97. The molecule has 18 heavy (non-hydrogen) atoms. The van der Waals surface area contributed by atoms with Crippen LogP contribution < -0.4 is 4.90 Å². The second-order valence-electron chi connectivity index (χ2n) is 4.36. The van der Waals surface area contributed by atoms with Gasteiger partial charge in [0.15, 0.2) is 0 Å². The van der Waals surface area contributed by atoms with Gasteiger partial charge in [-0.05, 0) is 24.6 Å². The van der Waals surface area contributed by atoms with Crippen molar-refractivity contribution in [2.75, 3.05) is 31.6 Å². The number of nitrogens with zero attached hydrogens (tertiary/aromatic N) is 3. The third-order valence-electron chi connectivity index (χ3n) is 3.09. The minimum Gasteiger partial charge on any atom is -0.361 e. The third-order valence-corrected chi connectivity index (χ3v) is 3.33. The van der Waals surface area contributed by atoms with Crippen LogP contribution in [-0.2, 0) is 4.79 Å². The van der Waals surface area contributed by atoms with E-state index in [1.54, 1.807) is 30.1 Å². The summed E-state index contributed by atoms with van der Waals surface area (Å²) in [5.41, 5.74) is 1.30. The van der Waals surface area contributed by atoms with Crippen molar-refractivity contribution in [2.45, 2.75) is 6.42 Å². The molecule has 0 bridgehead atoms. The summed E-state index contributed by atoms with van der Waals surface area (Å²) in [6, 6.07) is 7.27. The Balaban J connectivity index is 2.33. The highest BCUT2D eigenvalue weighted by Gasteiger charge is 2.21. The fourth-order valence-electron chi connectivity index (χ4n) is 2.05. The summed E-state index contributed by atoms with van der Waals surface area (Å²) in [6.07, 6.45) is 0.889. The van der Waals surface area contributed by atoms with E-state index in [1.165, 1.54) is 0 Å². The minimum absolute atomic E-state index is 0.0661. The summed E-state index contributed by atoms with van der Waals surface area (Å²) in [4.78, 5) is 15.5. The lowest BCUT2D eigenvalue weighted by Crippen LogP contribution is -2.34. The first kappa shape index (κ1) is 12.7. The number of hydrogen-bond donors (Lipinski definition) is 0. The predicted octanol–water partition coefficient (Wildman–Crippen LogP) is 1.88. The van der Waals surface area contributed by atoms with Gasteiger partial charge in [-0.2, -0.15) is 5.26 Å². The van der Waals surface area contributed by atoms with Crippen LogP contribution in [0.25, 0.3) is 0 Å². The van der Waals surface area contributed by atoms with E-state index < -0.39 is 0 Å². The molecule has 0 atom stereocenters. The molecule has 2 rings (SSSR count). The zero-order valence-electron chi connectivity index (χ0n) is 10.2. The summed E-state index contributed by atoms with van der Waals surface area (Å²) in [5, 5.41) is 9.69. The molecule has 0 aliphatic carbocycles. The molecule has 4 nitrogen and oxygen atoms in total. The molecular formula is C13H14ClN3O. The van der Waals surface area contributed by atoms with Gasteiger partial charge in [0.25, 0.3) is 0 Å². The van der Waals surface area contributed by atoms with Crippen molar-refractivity contribution in [3.8, 4) is 6.07 Å². The molecule has 0 N–H and O–H groups in total. The number of carbonyl (C=O) groups is 1. The van der Waals surface area contributed by atoms with Crippen LogP contribution in [0.3, 0.4) is 0 Å². The number of carbonyl (C=O) groups excluding carboxylic acids is 1. The number of rotatable bonds is 1. The molecule has 0 spiro atoms. The van der Waals surface area contributed by atoms with Gasteiger partial charge in [0.2, 0.25) is 5.91 Å². The molecule has 1 aliphatic heterocycles. The largest absolute Gasteiger partial charge is 0.361 e. The van der Waals surface area contributed by atoms with Crippen molar-refractivity contribution in [2.24, 2.45) is 0 Å². The van der Waals surface area contributed by atoms with E-state index in [2.05, 4.69) is 6.07 Å². The number of anilines is 1. The van der Waals surface area contributed by atoms with E-state index >= 15 is 0 Å². The van der Waals surface area contributed by atoms with Gasteiger partial charge in [-0.1, -0.05) is 11.6 Å². The van der Waals surface area contributed by atoms with Crippen LogP contribution in [0.5, 0.6) is 0 Å². The first-order chi connectivity index (χ1) is 8.61. The van der Waals surface area contributed by atoms with Gasteiger partial charge in [0.1, 0.15) is 6.07 Å². The van der Waals surface area contributed by atoms with Crippen LogP contribution in [0, 0.1) is 11.3 Å². The number of amides is 1. The average molecular weight is 264 g/mol. The van der Waals surface area contributed by atoms with E-state index in [-0.39, 0.29) is 5.91 Å². The van der Waals surface area contributed by atoms with Crippen LogP contribution in [0.15, 0.2) is 18.2 Å². The Bertz CT molecular complexity index is 509. The molecule has 1 fully saturated rings. The van der Waals surface area contributed by atoms with Gasteiger partial charge in [0.05, 0.1) is 17.8 Å². The zero-order chi connectivity index (χ0) is 13.1. The van der Waals surface area contributed by atoms with E-state index in [0.717, 1.165) is 25.2 Å². The maximum Gasteiger partial charge on any atom is 0.241 e. The second kappa shape index (κ2) is 5.28. The smallest absolute Gasteiger partial charge is 0.241 e. The first-order valence-electron chi connectivity index (χ1n) is 5.80. The monoisotopic (exact) mass is 263 g/mol. The quantitative estimate of drug-likeness (QED) is 0.777. The average Bonchev–Trinajstić information content (AvgIpc) is 2.52.